The number of para-hydroxylation sites is 1. The second kappa shape index (κ2) is 7.90. The van der Waals surface area contributed by atoms with Crippen molar-refractivity contribution in [3.63, 3.8) is 0 Å². The van der Waals surface area contributed by atoms with Crippen LogP contribution in [-0.2, 0) is 0 Å². The minimum absolute atomic E-state index is 0.298. The van der Waals surface area contributed by atoms with E-state index in [1.54, 1.807) is 24.3 Å². The highest BCUT2D eigenvalue weighted by Gasteiger charge is 2.02. The Hall–Kier alpha value is -1.72. The zero-order chi connectivity index (χ0) is 15.1. The molecular weight excluding hydrogens is 356 g/mol. The van der Waals surface area contributed by atoms with E-state index in [4.69, 9.17) is 16.3 Å². The molecule has 0 radical (unpaired) electrons. The minimum Gasteiger partial charge on any atom is -0.491 e. The molecule has 0 fully saturated rings. The van der Waals surface area contributed by atoms with Gasteiger partial charge in [0.2, 0.25) is 0 Å². The summed E-state index contributed by atoms with van der Waals surface area (Å²) >= 11 is 9.23. The Balaban J connectivity index is 1.71. The molecule has 0 unspecified atom stereocenters. The molecule has 0 bridgehead atoms. The van der Waals surface area contributed by atoms with Gasteiger partial charge in [0.25, 0.3) is 0 Å². The number of halogens is 2. The average Bonchev–Trinajstić information content (AvgIpc) is 2.45. The number of nitrogens with one attached hydrogen (secondary N) is 2. The van der Waals surface area contributed by atoms with E-state index in [-0.39, 0.29) is 6.03 Å². The van der Waals surface area contributed by atoms with Gasteiger partial charge in [-0.25, -0.2) is 4.79 Å². The molecule has 4 nitrogen and oxygen atoms in total. The van der Waals surface area contributed by atoms with Crippen LogP contribution in [0.25, 0.3) is 0 Å². The lowest BCUT2D eigenvalue weighted by Gasteiger charge is -2.10. The predicted octanol–water partition coefficient (Wildman–Crippen LogP) is 4.30. The summed E-state index contributed by atoms with van der Waals surface area (Å²) in [6.07, 6.45) is 0. The van der Waals surface area contributed by atoms with Gasteiger partial charge in [0.1, 0.15) is 12.4 Å². The number of rotatable bonds is 5. The highest BCUT2D eigenvalue weighted by Crippen LogP contribution is 2.23. The largest absolute Gasteiger partial charge is 0.491 e. The maximum absolute atomic E-state index is 11.7. The number of benzene rings is 2. The summed E-state index contributed by atoms with van der Waals surface area (Å²) in [5, 5.41) is 5.97. The molecular formula is C15H14BrClN2O2. The number of carbonyl (C=O) groups excluding carboxylic acids is 1. The van der Waals surface area contributed by atoms with Gasteiger partial charge in [-0.15, -0.1) is 0 Å². The Morgan fingerprint density at radius 1 is 1.19 bits per heavy atom. The molecule has 2 amide bonds. The molecule has 2 aromatic rings. The van der Waals surface area contributed by atoms with Crippen LogP contribution in [0.5, 0.6) is 5.75 Å². The van der Waals surface area contributed by atoms with Crippen molar-refractivity contribution >= 4 is 39.2 Å². The van der Waals surface area contributed by atoms with Crippen molar-refractivity contribution < 1.29 is 9.53 Å². The van der Waals surface area contributed by atoms with Gasteiger partial charge < -0.3 is 15.4 Å². The number of anilines is 1. The van der Waals surface area contributed by atoms with E-state index in [1.165, 1.54) is 0 Å². The summed E-state index contributed by atoms with van der Waals surface area (Å²) in [5.74, 6) is 0.745. The van der Waals surface area contributed by atoms with Gasteiger partial charge in [-0.3, -0.25) is 0 Å². The topological polar surface area (TPSA) is 50.4 Å². The Morgan fingerprint density at radius 3 is 2.76 bits per heavy atom. The molecule has 0 heterocycles. The molecule has 0 spiro atoms. The van der Waals surface area contributed by atoms with E-state index < -0.39 is 0 Å². The van der Waals surface area contributed by atoms with Gasteiger partial charge >= 0.3 is 6.03 Å². The van der Waals surface area contributed by atoms with Gasteiger partial charge in [0.15, 0.2) is 0 Å². The number of urea groups is 1. The van der Waals surface area contributed by atoms with E-state index >= 15 is 0 Å². The molecule has 0 aliphatic carbocycles. The first-order valence-corrected chi connectivity index (χ1v) is 7.50. The summed E-state index contributed by atoms with van der Waals surface area (Å²) in [6, 6.07) is 14.2. The molecule has 0 atom stereocenters. The lowest BCUT2D eigenvalue weighted by molar-refractivity contribution is 0.247. The van der Waals surface area contributed by atoms with Crippen LogP contribution in [0.15, 0.2) is 53.0 Å². The molecule has 0 saturated heterocycles. The average molecular weight is 370 g/mol. The van der Waals surface area contributed by atoms with Gasteiger partial charge in [-0.05, 0) is 46.3 Å². The monoisotopic (exact) mass is 368 g/mol. The smallest absolute Gasteiger partial charge is 0.319 e. The maximum Gasteiger partial charge on any atom is 0.319 e. The van der Waals surface area contributed by atoms with Crippen molar-refractivity contribution in [1.82, 2.24) is 5.32 Å². The summed E-state index contributed by atoms with van der Waals surface area (Å²) in [6.45, 7) is 0.777. The number of ether oxygens (including phenoxy) is 1. The lowest BCUT2D eigenvalue weighted by atomic mass is 10.3. The normalized spacial score (nSPS) is 10.0. The van der Waals surface area contributed by atoms with Crippen molar-refractivity contribution in [3.8, 4) is 5.75 Å². The Kier molecular flexibility index (Phi) is 5.90. The molecule has 2 aromatic carbocycles. The van der Waals surface area contributed by atoms with Crippen LogP contribution < -0.4 is 15.4 Å². The first-order valence-electron chi connectivity index (χ1n) is 6.33. The zero-order valence-corrected chi connectivity index (χ0v) is 13.4. The third-order valence-corrected chi connectivity index (χ3v) is 3.45. The van der Waals surface area contributed by atoms with Crippen LogP contribution in [0.2, 0.25) is 5.02 Å². The van der Waals surface area contributed by atoms with Crippen molar-refractivity contribution in [2.24, 2.45) is 0 Å². The standard InChI is InChI=1S/C15H14BrClN2O2/c16-13-6-1-2-7-14(13)21-9-8-18-15(20)19-12-5-3-4-11(17)10-12/h1-7,10H,8-9H2,(H2,18,19,20). The van der Waals surface area contributed by atoms with Crippen LogP contribution in [-0.4, -0.2) is 19.2 Å². The highest BCUT2D eigenvalue weighted by molar-refractivity contribution is 9.10. The fraction of sp³-hybridized carbons (Fsp3) is 0.133. The van der Waals surface area contributed by atoms with Crippen LogP contribution in [0.1, 0.15) is 0 Å². The summed E-state index contributed by atoms with van der Waals surface area (Å²) in [5.41, 5.74) is 0.645. The third-order valence-electron chi connectivity index (χ3n) is 2.56. The molecule has 6 heteroatoms. The highest BCUT2D eigenvalue weighted by atomic mass is 79.9. The Bertz CT molecular complexity index is 622. The van der Waals surface area contributed by atoms with Gasteiger partial charge in [-0.2, -0.15) is 0 Å². The minimum atomic E-state index is -0.298. The predicted molar refractivity (Wildman–Crippen MR) is 88.1 cm³/mol. The number of carbonyl (C=O) groups is 1. The lowest BCUT2D eigenvalue weighted by Crippen LogP contribution is -2.32. The van der Waals surface area contributed by atoms with Crippen molar-refractivity contribution in [2.45, 2.75) is 0 Å². The van der Waals surface area contributed by atoms with Crippen LogP contribution in [0.3, 0.4) is 0 Å². The second-order valence-electron chi connectivity index (χ2n) is 4.17. The summed E-state index contributed by atoms with van der Waals surface area (Å²) in [4.78, 5) is 11.7. The Labute approximate surface area is 136 Å². The first kappa shape index (κ1) is 15.7. The fourth-order valence-corrected chi connectivity index (χ4v) is 2.22. The van der Waals surface area contributed by atoms with E-state index in [2.05, 4.69) is 26.6 Å². The molecule has 2 rings (SSSR count). The molecule has 0 aliphatic rings. The van der Waals surface area contributed by atoms with Gasteiger partial charge in [0.05, 0.1) is 11.0 Å². The SMILES string of the molecule is O=C(NCCOc1ccccc1Br)Nc1cccc(Cl)c1. The van der Waals surface area contributed by atoms with E-state index in [0.29, 0.717) is 23.9 Å². The molecule has 110 valence electrons. The zero-order valence-electron chi connectivity index (χ0n) is 11.1. The number of hydrogen-bond donors (Lipinski definition) is 2. The molecule has 2 N–H and O–H groups in total. The van der Waals surface area contributed by atoms with Crippen molar-refractivity contribution in [1.29, 1.82) is 0 Å². The quantitative estimate of drug-likeness (QED) is 0.772. The molecule has 0 aromatic heterocycles. The van der Waals surface area contributed by atoms with Crippen LogP contribution >= 0.6 is 27.5 Å². The van der Waals surface area contributed by atoms with E-state index in [0.717, 1.165) is 10.2 Å². The summed E-state index contributed by atoms with van der Waals surface area (Å²) < 4.78 is 6.43. The van der Waals surface area contributed by atoms with Gasteiger partial charge in [-0.1, -0.05) is 29.8 Å². The summed E-state index contributed by atoms with van der Waals surface area (Å²) in [7, 11) is 0. The van der Waals surface area contributed by atoms with Crippen molar-refractivity contribution in [2.75, 3.05) is 18.5 Å². The maximum atomic E-state index is 11.7. The first-order chi connectivity index (χ1) is 10.1. The van der Waals surface area contributed by atoms with E-state index in [9.17, 15) is 4.79 Å². The third kappa shape index (κ3) is 5.28. The van der Waals surface area contributed by atoms with E-state index in [1.807, 2.05) is 24.3 Å². The molecule has 0 aliphatic heterocycles. The number of amides is 2. The number of hydrogen-bond acceptors (Lipinski definition) is 2. The molecule has 21 heavy (non-hydrogen) atoms. The van der Waals surface area contributed by atoms with Gasteiger partial charge in [0, 0.05) is 10.7 Å². The van der Waals surface area contributed by atoms with Crippen molar-refractivity contribution in [3.05, 3.63) is 58.0 Å². The van der Waals surface area contributed by atoms with Crippen LogP contribution in [0.4, 0.5) is 10.5 Å². The fourth-order valence-electron chi connectivity index (χ4n) is 1.63. The van der Waals surface area contributed by atoms with Crippen LogP contribution in [0, 0.1) is 0 Å². The Morgan fingerprint density at radius 2 is 2.00 bits per heavy atom. The second-order valence-corrected chi connectivity index (χ2v) is 5.46. The molecule has 0 saturated carbocycles.